The lowest BCUT2D eigenvalue weighted by Crippen LogP contribution is -2.06. The van der Waals surface area contributed by atoms with Crippen molar-refractivity contribution in [2.45, 2.75) is 45.6 Å². The number of halogens is 1. The van der Waals surface area contributed by atoms with Crippen molar-refractivity contribution in [3.05, 3.63) is 28.8 Å². The van der Waals surface area contributed by atoms with Gasteiger partial charge in [0, 0.05) is 0 Å². The minimum Gasteiger partial charge on any atom is -0.489 e. The van der Waals surface area contributed by atoms with Gasteiger partial charge in [0.1, 0.15) is 5.75 Å². The van der Waals surface area contributed by atoms with E-state index in [1.807, 2.05) is 26.0 Å². The van der Waals surface area contributed by atoms with Crippen molar-refractivity contribution >= 4 is 11.6 Å². The molecule has 0 heterocycles. The van der Waals surface area contributed by atoms with Crippen molar-refractivity contribution in [1.29, 1.82) is 0 Å². The van der Waals surface area contributed by atoms with Gasteiger partial charge in [-0.05, 0) is 56.8 Å². The third-order valence-electron chi connectivity index (χ3n) is 2.73. The second-order valence-electron chi connectivity index (χ2n) is 4.69. The molecule has 0 fully saturated rings. The second kappa shape index (κ2) is 6.87. The van der Waals surface area contributed by atoms with Crippen LogP contribution in [0.3, 0.4) is 0 Å². The lowest BCUT2D eigenvalue weighted by molar-refractivity contribution is 0.242. The van der Waals surface area contributed by atoms with Crippen LogP contribution in [0.15, 0.2) is 18.2 Å². The van der Waals surface area contributed by atoms with Crippen molar-refractivity contribution in [2.75, 3.05) is 6.54 Å². The largest absolute Gasteiger partial charge is 0.489 e. The summed E-state index contributed by atoms with van der Waals surface area (Å²) in [6, 6.07) is 6.04. The molecule has 0 aliphatic carbocycles. The highest BCUT2D eigenvalue weighted by molar-refractivity contribution is 6.32. The van der Waals surface area contributed by atoms with Crippen molar-refractivity contribution < 1.29 is 4.74 Å². The van der Waals surface area contributed by atoms with Crippen molar-refractivity contribution in [3.63, 3.8) is 0 Å². The molecule has 2 nitrogen and oxygen atoms in total. The average Bonchev–Trinajstić information content (AvgIpc) is 2.28. The first-order chi connectivity index (χ1) is 8.04. The maximum absolute atomic E-state index is 6.20. The van der Waals surface area contributed by atoms with E-state index in [-0.39, 0.29) is 6.10 Å². The third-order valence-corrected chi connectivity index (χ3v) is 3.02. The van der Waals surface area contributed by atoms with Gasteiger partial charge in [-0.25, -0.2) is 0 Å². The number of hydrogen-bond donors (Lipinski definition) is 1. The Labute approximate surface area is 109 Å². The van der Waals surface area contributed by atoms with Crippen LogP contribution in [0.25, 0.3) is 0 Å². The number of hydrogen-bond acceptors (Lipinski definition) is 2. The molecule has 0 saturated heterocycles. The molecular weight excluding hydrogens is 234 g/mol. The molecule has 96 valence electrons. The Hall–Kier alpha value is -0.730. The van der Waals surface area contributed by atoms with E-state index in [1.165, 1.54) is 5.56 Å². The quantitative estimate of drug-likeness (QED) is 0.835. The summed E-state index contributed by atoms with van der Waals surface area (Å²) in [5.41, 5.74) is 6.77. The Bertz CT molecular complexity index is 352. The molecule has 2 N–H and O–H groups in total. The minimum absolute atomic E-state index is 0.146. The van der Waals surface area contributed by atoms with Crippen molar-refractivity contribution in [1.82, 2.24) is 0 Å². The van der Waals surface area contributed by atoms with Gasteiger partial charge < -0.3 is 10.5 Å². The summed E-state index contributed by atoms with van der Waals surface area (Å²) in [5.74, 6) is 1.25. The first-order valence-electron chi connectivity index (χ1n) is 6.20. The molecule has 1 atom stereocenters. The van der Waals surface area contributed by atoms with Gasteiger partial charge in [0.05, 0.1) is 11.1 Å². The number of rotatable bonds is 6. The molecule has 0 radical (unpaired) electrons. The molecule has 0 aliphatic heterocycles. The molecule has 0 saturated carbocycles. The fourth-order valence-electron chi connectivity index (χ4n) is 1.76. The molecule has 0 aliphatic rings. The molecule has 0 spiro atoms. The topological polar surface area (TPSA) is 35.2 Å². The van der Waals surface area contributed by atoms with Crippen LogP contribution in [0.1, 0.15) is 45.1 Å². The Kier molecular flexibility index (Phi) is 5.79. The van der Waals surface area contributed by atoms with Crippen molar-refractivity contribution in [3.8, 4) is 5.75 Å². The molecule has 0 aromatic heterocycles. The summed E-state index contributed by atoms with van der Waals surface area (Å²) >= 11 is 6.20. The van der Waals surface area contributed by atoms with Crippen LogP contribution in [-0.4, -0.2) is 12.6 Å². The zero-order valence-electron chi connectivity index (χ0n) is 10.9. The van der Waals surface area contributed by atoms with Gasteiger partial charge in [-0.2, -0.15) is 0 Å². The molecule has 1 unspecified atom stereocenters. The van der Waals surface area contributed by atoms with Crippen LogP contribution in [0, 0.1) is 0 Å². The van der Waals surface area contributed by atoms with Gasteiger partial charge in [0.15, 0.2) is 0 Å². The van der Waals surface area contributed by atoms with Crippen LogP contribution < -0.4 is 10.5 Å². The predicted molar refractivity (Wildman–Crippen MR) is 73.9 cm³/mol. The molecule has 1 rings (SSSR count). The average molecular weight is 256 g/mol. The first kappa shape index (κ1) is 14.3. The Morgan fingerprint density at radius 3 is 2.53 bits per heavy atom. The van der Waals surface area contributed by atoms with Gasteiger partial charge in [-0.3, -0.25) is 0 Å². The Balaban J connectivity index is 2.73. The van der Waals surface area contributed by atoms with Gasteiger partial charge in [0.25, 0.3) is 0 Å². The van der Waals surface area contributed by atoms with Gasteiger partial charge in [-0.1, -0.05) is 24.6 Å². The fourth-order valence-corrected chi connectivity index (χ4v) is 2.00. The lowest BCUT2D eigenvalue weighted by Gasteiger charge is -2.15. The fraction of sp³-hybridized carbons (Fsp3) is 0.571. The van der Waals surface area contributed by atoms with Crippen LogP contribution >= 0.6 is 11.6 Å². The first-order valence-corrected chi connectivity index (χ1v) is 6.58. The van der Waals surface area contributed by atoms with E-state index in [1.54, 1.807) is 0 Å². The van der Waals surface area contributed by atoms with E-state index in [9.17, 15) is 0 Å². The second-order valence-corrected chi connectivity index (χ2v) is 5.10. The molecule has 1 aromatic rings. The SMILES string of the molecule is CC(C)Oc1ccc(C(C)CCCN)cc1Cl. The zero-order valence-corrected chi connectivity index (χ0v) is 11.6. The van der Waals surface area contributed by atoms with E-state index < -0.39 is 0 Å². The Morgan fingerprint density at radius 1 is 1.29 bits per heavy atom. The third kappa shape index (κ3) is 4.57. The van der Waals surface area contributed by atoms with Crippen LogP contribution in [0.2, 0.25) is 5.02 Å². The van der Waals surface area contributed by atoms with E-state index in [2.05, 4.69) is 13.0 Å². The molecule has 1 aromatic carbocycles. The summed E-state index contributed by atoms with van der Waals surface area (Å²) in [5, 5.41) is 0.691. The predicted octanol–water partition coefficient (Wildman–Crippen LogP) is 3.97. The summed E-state index contributed by atoms with van der Waals surface area (Å²) in [4.78, 5) is 0. The number of benzene rings is 1. The van der Waals surface area contributed by atoms with Gasteiger partial charge >= 0.3 is 0 Å². The Morgan fingerprint density at radius 2 is 2.00 bits per heavy atom. The minimum atomic E-state index is 0.146. The summed E-state index contributed by atoms with van der Waals surface area (Å²) in [6.07, 6.45) is 2.29. The van der Waals surface area contributed by atoms with Gasteiger partial charge in [0.2, 0.25) is 0 Å². The summed E-state index contributed by atoms with van der Waals surface area (Å²) < 4.78 is 5.61. The maximum Gasteiger partial charge on any atom is 0.138 e. The van der Waals surface area contributed by atoms with Crippen molar-refractivity contribution in [2.24, 2.45) is 5.73 Å². The number of nitrogens with two attached hydrogens (primary N) is 1. The highest BCUT2D eigenvalue weighted by Gasteiger charge is 2.09. The standard InChI is InChI=1S/C14H22ClNO/c1-10(2)17-14-7-6-12(9-13(14)15)11(3)5-4-8-16/h6-7,9-11H,4-5,8,16H2,1-3H3. The summed E-state index contributed by atoms with van der Waals surface area (Å²) in [7, 11) is 0. The maximum atomic E-state index is 6.20. The summed E-state index contributed by atoms with van der Waals surface area (Å²) in [6.45, 7) is 6.93. The molecule has 0 bridgehead atoms. The monoisotopic (exact) mass is 255 g/mol. The zero-order chi connectivity index (χ0) is 12.8. The lowest BCUT2D eigenvalue weighted by atomic mass is 9.96. The van der Waals surface area contributed by atoms with E-state index in [4.69, 9.17) is 22.1 Å². The van der Waals surface area contributed by atoms with E-state index in [0.717, 1.165) is 25.1 Å². The number of ether oxygens (including phenoxy) is 1. The normalized spacial score (nSPS) is 12.8. The van der Waals surface area contributed by atoms with Crippen LogP contribution in [0.4, 0.5) is 0 Å². The highest BCUT2D eigenvalue weighted by Crippen LogP contribution is 2.30. The van der Waals surface area contributed by atoms with E-state index in [0.29, 0.717) is 10.9 Å². The van der Waals surface area contributed by atoms with Crippen LogP contribution in [-0.2, 0) is 0 Å². The molecular formula is C14H22ClNO. The molecule has 0 amide bonds. The van der Waals surface area contributed by atoms with Crippen LogP contribution in [0.5, 0.6) is 5.75 Å². The molecule has 3 heteroatoms. The van der Waals surface area contributed by atoms with E-state index >= 15 is 0 Å². The van der Waals surface area contributed by atoms with Gasteiger partial charge in [-0.15, -0.1) is 0 Å². The molecule has 17 heavy (non-hydrogen) atoms. The smallest absolute Gasteiger partial charge is 0.138 e. The highest BCUT2D eigenvalue weighted by atomic mass is 35.5.